The first-order chi connectivity index (χ1) is 11.3. The van der Waals surface area contributed by atoms with E-state index in [0.717, 1.165) is 5.56 Å². The fourth-order valence-corrected chi connectivity index (χ4v) is 2.02. The van der Waals surface area contributed by atoms with Gasteiger partial charge in [-0.15, -0.1) is 0 Å². The van der Waals surface area contributed by atoms with Crippen LogP contribution in [-0.4, -0.2) is 32.8 Å². The largest absolute Gasteiger partial charge is 0.465 e. The minimum Gasteiger partial charge on any atom is -0.465 e. The molecule has 0 aliphatic rings. The van der Waals surface area contributed by atoms with Crippen molar-refractivity contribution in [2.45, 2.75) is 6.54 Å². The molecule has 2 heterocycles. The van der Waals surface area contributed by atoms with Gasteiger partial charge >= 0.3 is 5.97 Å². The number of carbonyl (C=O) groups excluding carboxylic acids is 1. The van der Waals surface area contributed by atoms with Crippen LogP contribution in [-0.2, 0) is 11.3 Å². The number of aromatic nitrogens is 4. The summed E-state index contributed by atoms with van der Waals surface area (Å²) in [5.41, 5.74) is 1.54. The van der Waals surface area contributed by atoms with Gasteiger partial charge in [-0.2, -0.15) is 5.10 Å². The molecule has 116 valence electrons. The van der Waals surface area contributed by atoms with Crippen LogP contribution >= 0.6 is 0 Å². The molecule has 0 amide bonds. The predicted octanol–water partition coefficient (Wildman–Crippen LogP) is 2.06. The number of nitrogens with zero attached hydrogens (tertiary/aromatic N) is 4. The number of hydrogen-bond donors (Lipinski definition) is 1. The summed E-state index contributed by atoms with van der Waals surface area (Å²) in [6.45, 7) is 0.568. The molecular formula is C16H15N5O2. The van der Waals surface area contributed by atoms with Crippen LogP contribution in [0.1, 0.15) is 15.9 Å². The third kappa shape index (κ3) is 3.52. The molecule has 0 aliphatic carbocycles. The molecule has 0 saturated heterocycles. The Hall–Kier alpha value is -3.22. The number of hydrogen-bond acceptors (Lipinski definition) is 6. The first-order valence-electron chi connectivity index (χ1n) is 6.99. The molecule has 0 aliphatic heterocycles. The van der Waals surface area contributed by atoms with E-state index in [1.165, 1.54) is 7.11 Å². The average molecular weight is 309 g/mol. The Balaban J connectivity index is 1.66. The molecular weight excluding hydrogens is 294 g/mol. The van der Waals surface area contributed by atoms with Crippen LogP contribution in [0, 0.1) is 0 Å². The van der Waals surface area contributed by atoms with E-state index in [1.807, 2.05) is 18.2 Å². The second-order valence-electron chi connectivity index (χ2n) is 4.76. The predicted molar refractivity (Wildman–Crippen MR) is 84.3 cm³/mol. The number of rotatable bonds is 5. The molecule has 2 aromatic heterocycles. The average Bonchev–Trinajstić information content (AvgIpc) is 3.15. The maximum absolute atomic E-state index is 11.4. The Morgan fingerprint density at radius 1 is 1.26 bits per heavy atom. The van der Waals surface area contributed by atoms with E-state index in [-0.39, 0.29) is 5.97 Å². The molecule has 23 heavy (non-hydrogen) atoms. The van der Waals surface area contributed by atoms with Crippen LogP contribution in [0.15, 0.2) is 55.1 Å². The number of ether oxygens (including phenoxy) is 1. The van der Waals surface area contributed by atoms with Crippen molar-refractivity contribution in [2.75, 3.05) is 12.4 Å². The summed E-state index contributed by atoms with van der Waals surface area (Å²) < 4.78 is 6.32. The normalized spacial score (nSPS) is 10.3. The fourth-order valence-electron chi connectivity index (χ4n) is 2.02. The Bertz CT molecular complexity index is 784. The van der Waals surface area contributed by atoms with E-state index in [2.05, 4.69) is 25.1 Å². The van der Waals surface area contributed by atoms with E-state index < -0.39 is 0 Å². The molecule has 1 N–H and O–H groups in total. The molecule has 0 radical (unpaired) electrons. The van der Waals surface area contributed by atoms with E-state index in [9.17, 15) is 4.79 Å². The molecule has 0 spiro atoms. The second-order valence-corrected chi connectivity index (χ2v) is 4.76. The number of carbonyl (C=O) groups is 1. The molecule has 7 nitrogen and oxygen atoms in total. The summed E-state index contributed by atoms with van der Waals surface area (Å²) in [6.07, 6.45) is 6.78. The van der Waals surface area contributed by atoms with Crippen molar-refractivity contribution < 1.29 is 9.53 Å². The van der Waals surface area contributed by atoms with Gasteiger partial charge in [-0.25, -0.2) is 14.5 Å². The van der Waals surface area contributed by atoms with Crippen LogP contribution in [0.2, 0.25) is 0 Å². The number of esters is 1. The van der Waals surface area contributed by atoms with Crippen molar-refractivity contribution in [2.24, 2.45) is 0 Å². The number of methoxy groups -OCH3 is 1. The number of nitrogens with one attached hydrogen (secondary N) is 1. The molecule has 0 bridgehead atoms. The highest BCUT2D eigenvalue weighted by Crippen LogP contribution is 2.10. The summed E-state index contributed by atoms with van der Waals surface area (Å²) >= 11 is 0. The zero-order chi connectivity index (χ0) is 16.1. The minimum atomic E-state index is -0.345. The zero-order valence-corrected chi connectivity index (χ0v) is 12.5. The van der Waals surface area contributed by atoms with Gasteiger partial charge in [0.15, 0.2) is 5.82 Å². The second kappa shape index (κ2) is 6.69. The number of benzene rings is 1. The first-order valence-corrected chi connectivity index (χ1v) is 6.99. The van der Waals surface area contributed by atoms with Gasteiger partial charge in [-0.05, 0) is 23.8 Å². The highest BCUT2D eigenvalue weighted by atomic mass is 16.5. The Morgan fingerprint density at radius 2 is 2.09 bits per heavy atom. The highest BCUT2D eigenvalue weighted by Gasteiger charge is 2.05. The highest BCUT2D eigenvalue weighted by molar-refractivity contribution is 5.89. The monoisotopic (exact) mass is 309 g/mol. The first kappa shape index (κ1) is 14.7. The maximum Gasteiger partial charge on any atom is 0.337 e. The van der Waals surface area contributed by atoms with Crippen LogP contribution < -0.4 is 5.32 Å². The molecule has 3 aromatic rings. The quantitative estimate of drug-likeness (QED) is 0.727. The Kier molecular flexibility index (Phi) is 4.28. The van der Waals surface area contributed by atoms with Crippen molar-refractivity contribution in [3.8, 4) is 5.82 Å². The molecule has 1 aromatic carbocycles. The lowest BCUT2D eigenvalue weighted by Gasteiger charge is -2.07. The van der Waals surface area contributed by atoms with Crippen molar-refractivity contribution in [3.05, 3.63) is 66.2 Å². The lowest BCUT2D eigenvalue weighted by atomic mass is 10.1. The van der Waals surface area contributed by atoms with E-state index in [0.29, 0.717) is 23.7 Å². The van der Waals surface area contributed by atoms with Gasteiger partial charge in [0, 0.05) is 18.9 Å². The van der Waals surface area contributed by atoms with Crippen molar-refractivity contribution in [1.29, 1.82) is 0 Å². The molecule has 0 fully saturated rings. The van der Waals surface area contributed by atoms with Crippen LogP contribution in [0.5, 0.6) is 0 Å². The van der Waals surface area contributed by atoms with E-state index in [4.69, 9.17) is 0 Å². The van der Waals surface area contributed by atoms with Crippen LogP contribution in [0.4, 0.5) is 5.82 Å². The molecule has 0 saturated carbocycles. The lowest BCUT2D eigenvalue weighted by Crippen LogP contribution is -2.06. The van der Waals surface area contributed by atoms with Crippen LogP contribution in [0.25, 0.3) is 5.82 Å². The Morgan fingerprint density at radius 3 is 2.78 bits per heavy atom. The minimum absolute atomic E-state index is 0.345. The van der Waals surface area contributed by atoms with Gasteiger partial charge in [-0.1, -0.05) is 12.1 Å². The van der Waals surface area contributed by atoms with Gasteiger partial charge in [0.1, 0.15) is 5.82 Å². The van der Waals surface area contributed by atoms with Crippen molar-refractivity contribution >= 4 is 11.8 Å². The Labute approximate surface area is 133 Å². The molecule has 7 heteroatoms. The zero-order valence-electron chi connectivity index (χ0n) is 12.5. The standard InChI is InChI=1S/C16H15N5O2/c1-23-16(22)13-5-3-12(4-6-13)9-18-14-10-17-11-15(20-14)21-8-2-7-19-21/h2-8,10-11H,9H2,1H3,(H,18,20). The van der Waals surface area contributed by atoms with Gasteiger partial charge < -0.3 is 10.1 Å². The maximum atomic E-state index is 11.4. The topological polar surface area (TPSA) is 81.9 Å². The third-order valence-electron chi connectivity index (χ3n) is 3.21. The third-order valence-corrected chi connectivity index (χ3v) is 3.21. The van der Waals surface area contributed by atoms with Crippen molar-refractivity contribution in [1.82, 2.24) is 19.7 Å². The summed E-state index contributed by atoms with van der Waals surface area (Å²) in [4.78, 5) is 20.0. The SMILES string of the molecule is COC(=O)c1ccc(CNc2cncc(-n3cccn3)n2)cc1. The van der Waals surface area contributed by atoms with Crippen LogP contribution in [0.3, 0.4) is 0 Å². The summed E-state index contributed by atoms with van der Waals surface area (Å²) in [7, 11) is 1.36. The fraction of sp³-hybridized carbons (Fsp3) is 0.125. The van der Waals surface area contributed by atoms with E-state index >= 15 is 0 Å². The lowest BCUT2D eigenvalue weighted by molar-refractivity contribution is 0.0600. The molecule has 3 rings (SSSR count). The smallest absolute Gasteiger partial charge is 0.337 e. The van der Waals surface area contributed by atoms with Gasteiger partial charge in [0.05, 0.1) is 25.1 Å². The summed E-state index contributed by atoms with van der Waals surface area (Å²) in [6, 6.07) is 9.02. The van der Waals surface area contributed by atoms with Gasteiger partial charge in [0.25, 0.3) is 0 Å². The van der Waals surface area contributed by atoms with E-state index in [1.54, 1.807) is 41.6 Å². The van der Waals surface area contributed by atoms with Gasteiger partial charge in [-0.3, -0.25) is 4.98 Å². The summed E-state index contributed by atoms with van der Waals surface area (Å²) in [5, 5.41) is 7.32. The van der Waals surface area contributed by atoms with Gasteiger partial charge in [0.2, 0.25) is 0 Å². The molecule has 0 atom stereocenters. The summed E-state index contributed by atoms with van der Waals surface area (Å²) in [5.74, 6) is 0.943. The van der Waals surface area contributed by atoms with Crippen molar-refractivity contribution in [3.63, 3.8) is 0 Å². The number of anilines is 1. The molecule has 0 unspecified atom stereocenters.